The molecule has 0 aliphatic carbocycles. The van der Waals surface area contributed by atoms with Crippen molar-refractivity contribution in [3.63, 3.8) is 0 Å². The summed E-state index contributed by atoms with van der Waals surface area (Å²) < 4.78 is 415. The SMILES string of the molecule is [2H]c1c([2H])c([2H])c(N(c2c([2H])c([2H])c([2H])c([2H])c2[2H])c2c([2H])c3c4c(c2[2H])N(c2c([2H])c([2H])c(C(C)(C)C)c([2H])c2[2H])c2c(c([2H])c5oc(-c6c(C)c([2H])c([2H])c([2H])c6C(F)(F)F)c([2H])c5c2[2H])B4c2c(c([2H])c4oc(-c5c(C)c([2H])c([2H])c([2H])c5C(F)(F)F)c([2H])c4c2[2H])N3c2c([2H])c([2H])c(C(C)(C)C)c([2H])c2[2H])c([2H])c1[2H]. The van der Waals surface area contributed by atoms with Crippen LogP contribution in [-0.2, 0) is 23.2 Å². The predicted octanol–water partition coefficient (Wildman–Crippen LogP) is 19.3. The summed E-state index contributed by atoms with van der Waals surface area (Å²) in [5.41, 5.74) is -27.9. The lowest BCUT2D eigenvalue weighted by Crippen LogP contribution is -2.61. The summed E-state index contributed by atoms with van der Waals surface area (Å²) in [5, 5.41) is -2.11. The predicted molar refractivity (Wildman–Crippen MR) is 322 cm³/mol. The topological polar surface area (TPSA) is 36.0 Å². The molecule has 0 radical (unpaired) electrons. The van der Waals surface area contributed by atoms with Crippen molar-refractivity contribution in [3.05, 3.63) is 227 Å². The number of anilines is 9. The molecule has 0 bridgehead atoms. The molecule has 0 amide bonds. The maximum absolute atomic E-state index is 15.7. The molecule has 9 aromatic carbocycles. The molecule has 2 aromatic heterocycles. The summed E-state index contributed by atoms with van der Waals surface area (Å²) in [5.74, 6) is -2.57. The number of rotatable bonds is 7. The van der Waals surface area contributed by atoms with E-state index < -0.39 is 358 Å². The number of nitrogens with zero attached hydrogens (tertiary/aromatic N) is 3. The third kappa shape index (κ3) is 8.82. The van der Waals surface area contributed by atoms with Gasteiger partial charge in [0.25, 0.3) is 6.71 Å². The first kappa shape index (κ1) is 27.7. The van der Waals surface area contributed by atoms with E-state index in [2.05, 4.69) is 0 Å². The van der Waals surface area contributed by atoms with E-state index >= 15 is 26.3 Å². The molecular weight excluding hydrogens is 1040 g/mol. The fourth-order valence-electron chi connectivity index (χ4n) is 9.75. The molecule has 0 unspecified atom stereocenters. The highest BCUT2D eigenvalue weighted by molar-refractivity contribution is 7.00. The second-order valence-corrected chi connectivity index (χ2v) is 21.1. The van der Waals surface area contributed by atoms with Crippen LogP contribution in [0.25, 0.3) is 44.6 Å². The van der Waals surface area contributed by atoms with Crippen LogP contribution in [0.5, 0.6) is 0 Å². The molecule has 0 atom stereocenters. The Bertz CT molecular complexity index is 6100. The Morgan fingerprint density at radius 3 is 1.28 bits per heavy atom. The van der Waals surface area contributed by atoms with Crippen LogP contribution in [0.2, 0.25) is 0 Å². The molecular formula is C70H56BF6N3O2. The van der Waals surface area contributed by atoms with Gasteiger partial charge in [-0.25, -0.2) is 0 Å². The summed E-state index contributed by atoms with van der Waals surface area (Å²) >= 11 is 0. The molecule has 12 heteroatoms. The first-order valence-electron chi connectivity index (χ1n) is 40.8. The number of hydrogen-bond donors (Lipinski definition) is 0. The van der Waals surface area contributed by atoms with Crippen LogP contribution in [0, 0.1) is 13.8 Å². The minimum atomic E-state index is -5.67. The van der Waals surface area contributed by atoms with E-state index in [9.17, 15) is 27.4 Å². The Morgan fingerprint density at radius 2 is 0.841 bits per heavy atom. The van der Waals surface area contributed by atoms with Gasteiger partial charge in [0.1, 0.15) is 22.7 Å². The molecule has 2 aliphatic heterocycles. The number of hydrogen-bond acceptors (Lipinski definition) is 5. The molecule has 13 rings (SSSR count). The van der Waals surface area contributed by atoms with Gasteiger partial charge in [0.05, 0.1) is 60.7 Å². The quantitative estimate of drug-likeness (QED) is 0.117. The van der Waals surface area contributed by atoms with Crippen molar-refractivity contribution in [2.45, 2.75) is 78.6 Å². The van der Waals surface area contributed by atoms with Crippen molar-refractivity contribution in [3.8, 4) is 22.6 Å². The average Bonchev–Trinajstić information content (AvgIpc) is 1.03. The zero-order valence-corrected chi connectivity index (χ0v) is 44.0. The van der Waals surface area contributed by atoms with Crippen LogP contribution in [-0.4, -0.2) is 6.71 Å². The second kappa shape index (κ2) is 18.8. The van der Waals surface area contributed by atoms with Gasteiger partial charge in [-0.15, -0.1) is 0 Å². The fraction of sp³-hybridized carbons (Fsp3) is 0.171. The summed E-state index contributed by atoms with van der Waals surface area (Å²) in [6, 6.07) is -39.9. The highest BCUT2D eigenvalue weighted by atomic mass is 19.4. The molecule has 82 heavy (non-hydrogen) atoms. The van der Waals surface area contributed by atoms with Gasteiger partial charge in [0, 0.05) is 73.4 Å². The number of fused-ring (bicyclic) bond motifs is 6. The van der Waals surface area contributed by atoms with E-state index in [1.165, 1.54) is 41.5 Å². The van der Waals surface area contributed by atoms with Gasteiger partial charge in [-0.2, -0.15) is 26.3 Å². The highest BCUT2D eigenvalue weighted by Gasteiger charge is 2.46. The number of halogens is 6. The Hall–Kier alpha value is -8.90. The van der Waals surface area contributed by atoms with Crippen LogP contribution in [0.3, 0.4) is 0 Å². The molecule has 0 fully saturated rings. The zero-order valence-electron chi connectivity index (χ0n) is 76.0. The molecule has 11 aromatic rings. The molecule has 4 heterocycles. The van der Waals surface area contributed by atoms with Crippen molar-refractivity contribution >= 4 is 96.2 Å². The van der Waals surface area contributed by atoms with Gasteiger partial charge >= 0.3 is 12.4 Å². The monoisotopic (exact) mass is 1130 g/mol. The Kier molecular flexibility index (Phi) is 6.37. The second-order valence-electron chi connectivity index (χ2n) is 21.1. The van der Waals surface area contributed by atoms with Crippen molar-refractivity contribution < 1.29 is 79.0 Å². The van der Waals surface area contributed by atoms with Gasteiger partial charge < -0.3 is 23.5 Å². The van der Waals surface area contributed by atoms with Crippen LogP contribution >= 0.6 is 0 Å². The maximum atomic E-state index is 15.7. The first-order chi connectivity index (χ1) is 52.4. The third-order valence-electron chi connectivity index (χ3n) is 13.5. The van der Waals surface area contributed by atoms with Crippen LogP contribution < -0.4 is 31.1 Å². The lowest BCUT2D eigenvalue weighted by Gasteiger charge is -2.45. The van der Waals surface area contributed by atoms with E-state index in [1.54, 1.807) is 0 Å². The molecule has 0 saturated heterocycles. The van der Waals surface area contributed by atoms with Crippen molar-refractivity contribution in [1.29, 1.82) is 0 Å². The molecule has 0 saturated carbocycles. The smallest absolute Gasteiger partial charge is 0.417 e. The van der Waals surface area contributed by atoms with E-state index in [4.69, 9.17) is 25.3 Å². The van der Waals surface area contributed by atoms with E-state index in [-0.39, 0.29) is 16.0 Å². The number of para-hydroxylation sites is 2. The van der Waals surface area contributed by atoms with Crippen molar-refractivity contribution in [1.82, 2.24) is 0 Å². The molecule has 0 N–H and O–H groups in total. The van der Waals surface area contributed by atoms with Crippen molar-refractivity contribution in [2.75, 3.05) is 14.7 Å². The summed E-state index contributed by atoms with van der Waals surface area (Å²) in [7, 11) is 0. The van der Waals surface area contributed by atoms with Crippen LogP contribution in [0.1, 0.15) is 119 Å². The zero-order chi connectivity index (χ0) is 85.2. The lowest BCUT2D eigenvalue weighted by atomic mass is 9.33. The fourth-order valence-corrected chi connectivity index (χ4v) is 9.75. The van der Waals surface area contributed by atoms with Gasteiger partial charge in [0.2, 0.25) is 0 Å². The molecule has 5 nitrogen and oxygen atoms in total. The number of alkyl halides is 6. The average molecular weight is 1130 g/mol. The Labute approximate surface area is 517 Å². The van der Waals surface area contributed by atoms with Gasteiger partial charge in [-0.05, 0) is 160 Å². The van der Waals surface area contributed by atoms with Gasteiger partial charge in [-0.1, -0.05) is 132 Å². The van der Waals surface area contributed by atoms with Gasteiger partial charge in [-0.3, -0.25) is 0 Å². The normalized spacial score (nSPS) is 18.9. The van der Waals surface area contributed by atoms with E-state index in [0.29, 0.717) is 9.80 Å². The lowest BCUT2D eigenvalue weighted by molar-refractivity contribution is -0.138. The first-order valence-corrected chi connectivity index (χ1v) is 24.8. The van der Waals surface area contributed by atoms with Gasteiger partial charge in [0.15, 0.2) is 0 Å². The van der Waals surface area contributed by atoms with Crippen molar-refractivity contribution in [2.24, 2.45) is 0 Å². The maximum Gasteiger partial charge on any atom is 0.417 e. The minimum Gasteiger partial charge on any atom is -0.456 e. The molecule has 408 valence electrons. The Balaban J connectivity index is 1.41. The summed E-state index contributed by atoms with van der Waals surface area (Å²) in [6.07, 6.45) is -11.3. The summed E-state index contributed by atoms with van der Waals surface area (Å²) in [6.45, 7) is 7.93. The van der Waals surface area contributed by atoms with Crippen LogP contribution in [0.15, 0.2) is 202 Å². The standard InChI is InChI=1S/C70H56BF6N3O2/c1-41-17-15-23-52(69(72,73)74)64(41)62-35-43-33-54-57(40-61(43)82-62)80(50-31-27-46(28-32-50)68(6,7)8)59-38-51(78(47-19-11-9-12-20-47)48-21-13-10-14-22-48)37-58-66(59)71(54)55-39-60-44(34-56(55)79(58)49-29-25-45(26-30-49)67(3,4)5)36-63(81-60)65-42(2)18-16-24-53(65)70(75,76)77/h9-40H,1-8H3/i9D,10D,11D,12D,13D,14D,15D,16D,17D,18D,19D,20D,21D,22D,23D,24D,25D,26D,27D,28D,29D,30D,31D,32D,33D,34D,35D,36D,37D,38D,39D,40D. The number of furan rings is 2. The minimum absolute atomic E-state index is 0.234. The molecule has 2 aliphatic rings. The third-order valence-corrected chi connectivity index (χ3v) is 13.5. The highest BCUT2D eigenvalue weighted by Crippen LogP contribution is 2.51. The van der Waals surface area contributed by atoms with E-state index in [0.717, 1.165) is 13.8 Å². The molecule has 0 spiro atoms. The van der Waals surface area contributed by atoms with E-state index in [1.807, 2.05) is 0 Å². The summed E-state index contributed by atoms with van der Waals surface area (Å²) in [4.78, 5) is 1.22. The largest absolute Gasteiger partial charge is 0.456 e. The Morgan fingerprint density at radius 1 is 0.427 bits per heavy atom. The number of benzene rings is 9. The van der Waals surface area contributed by atoms with Crippen LogP contribution in [0.4, 0.5) is 77.5 Å².